The molecule has 19 heavy (non-hydrogen) atoms. The van der Waals surface area contributed by atoms with Crippen LogP contribution in [0, 0.1) is 0 Å². The van der Waals surface area contributed by atoms with Gasteiger partial charge in [-0.25, -0.2) is 0 Å². The van der Waals surface area contributed by atoms with Crippen LogP contribution in [0.1, 0.15) is 0 Å². The highest BCUT2D eigenvalue weighted by atomic mass is 79.9. The van der Waals surface area contributed by atoms with Gasteiger partial charge < -0.3 is 4.42 Å². The predicted molar refractivity (Wildman–Crippen MR) is 80.6 cm³/mol. The van der Waals surface area contributed by atoms with Crippen molar-refractivity contribution in [3.63, 3.8) is 0 Å². The molecular weight excluding hydrogens is 372 g/mol. The molecule has 0 aliphatic heterocycles. The highest BCUT2D eigenvalue weighted by molar-refractivity contribution is 9.11. The van der Waals surface area contributed by atoms with E-state index in [1.165, 1.54) is 0 Å². The molecule has 0 aliphatic rings. The quantitative estimate of drug-likeness (QED) is 0.633. The van der Waals surface area contributed by atoms with E-state index >= 15 is 0 Å². The lowest BCUT2D eigenvalue weighted by atomic mass is 10.2. The predicted octanol–water partition coefficient (Wildman–Crippen LogP) is 4.93. The smallest absolute Gasteiger partial charge is 0.249 e. The number of aromatic nitrogens is 2. The van der Waals surface area contributed by atoms with Crippen molar-refractivity contribution in [1.82, 2.24) is 10.2 Å². The van der Waals surface area contributed by atoms with Crippen molar-refractivity contribution in [3.05, 3.63) is 57.5 Å². The maximum atomic E-state index is 5.74. The molecule has 0 atom stereocenters. The van der Waals surface area contributed by atoms with Gasteiger partial charge in [0, 0.05) is 8.95 Å². The number of halogens is 2. The number of rotatable bonds is 2. The number of benzene rings is 2. The fourth-order valence-electron chi connectivity index (χ4n) is 1.71. The number of hydrogen-bond donors (Lipinski definition) is 0. The van der Waals surface area contributed by atoms with E-state index in [2.05, 4.69) is 42.1 Å². The van der Waals surface area contributed by atoms with Gasteiger partial charge in [0.1, 0.15) is 0 Å². The third-order valence-corrected chi connectivity index (χ3v) is 4.02. The van der Waals surface area contributed by atoms with Crippen molar-refractivity contribution < 1.29 is 4.42 Å². The summed E-state index contributed by atoms with van der Waals surface area (Å²) in [6, 6.07) is 15.5. The lowest BCUT2D eigenvalue weighted by Crippen LogP contribution is -1.79. The zero-order valence-corrected chi connectivity index (χ0v) is 12.8. The first-order valence-electron chi connectivity index (χ1n) is 5.59. The Kier molecular flexibility index (Phi) is 3.48. The van der Waals surface area contributed by atoms with Crippen LogP contribution in [-0.2, 0) is 0 Å². The Morgan fingerprint density at radius 3 is 1.53 bits per heavy atom. The van der Waals surface area contributed by atoms with Gasteiger partial charge in [0.15, 0.2) is 0 Å². The Hall–Kier alpha value is -1.46. The van der Waals surface area contributed by atoms with Crippen LogP contribution in [0.5, 0.6) is 0 Å². The van der Waals surface area contributed by atoms with Crippen LogP contribution in [-0.4, -0.2) is 10.2 Å². The van der Waals surface area contributed by atoms with Crippen LogP contribution in [0.25, 0.3) is 22.9 Å². The van der Waals surface area contributed by atoms with E-state index in [-0.39, 0.29) is 0 Å². The SMILES string of the molecule is Brc1ccccc1-c1nnc(-c2ccccc2Br)o1. The molecule has 0 fully saturated rings. The standard InChI is InChI=1S/C14H8Br2N2O/c15-11-7-3-1-5-9(11)13-17-18-14(19-13)10-6-2-4-8-12(10)16/h1-8H. The monoisotopic (exact) mass is 378 g/mol. The maximum absolute atomic E-state index is 5.74. The van der Waals surface area contributed by atoms with Crippen molar-refractivity contribution in [3.8, 4) is 22.9 Å². The lowest BCUT2D eigenvalue weighted by molar-refractivity contribution is 0.584. The second-order valence-electron chi connectivity index (χ2n) is 3.87. The summed E-state index contributed by atoms with van der Waals surface area (Å²) >= 11 is 6.95. The zero-order valence-electron chi connectivity index (χ0n) is 9.68. The van der Waals surface area contributed by atoms with Gasteiger partial charge in [0.05, 0.1) is 11.1 Å². The fraction of sp³-hybridized carbons (Fsp3) is 0. The molecule has 0 spiro atoms. The molecule has 0 radical (unpaired) electrons. The van der Waals surface area contributed by atoms with Crippen molar-refractivity contribution in [2.45, 2.75) is 0 Å². The minimum atomic E-state index is 0.498. The molecule has 0 saturated carbocycles. The lowest BCUT2D eigenvalue weighted by Gasteiger charge is -1.99. The number of hydrogen-bond acceptors (Lipinski definition) is 3. The summed E-state index contributed by atoms with van der Waals surface area (Å²) in [4.78, 5) is 0. The van der Waals surface area contributed by atoms with Crippen LogP contribution in [0.2, 0.25) is 0 Å². The van der Waals surface area contributed by atoms with Gasteiger partial charge in [0.2, 0.25) is 11.8 Å². The summed E-state index contributed by atoms with van der Waals surface area (Å²) in [5, 5.41) is 8.19. The molecule has 0 N–H and O–H groups in total. The third-order valence-electron chi connectivity index (χ3n) is 2.63. The van der Waals surface area contributed by atoms with E-state index in [1.54, 1.807) is 0 Å². The largest absolute Gasteiger partial charge is 0.416 e. The van der Waals surface area contributed by atoms with Gasteiger partial charge in [-0.05, 0) is 56.1 Å². The first-order valence-corrected chi connectivity index (χ1v) is 7.17. The molecule has 2 aromatic carbocycles. The van der Waals surface area contributed by atoms with E-state index < -0.39 is 0 Å². The van der Waals surface area contributed by atoms with Gasteiger partial charge in [-0.15, -0.1) is 10.2 Å². The zero-order chi connectivity index (χ0) is 13.2. The van der Waals surface area contributed by atoms with Crippen LogP contribution in [0.4, 0.5) is 0 Å². The van der Waals surface area contributed by atoms with Gasteiger partial charge in [0.25, 0.3) is 0 Å². The van der Waals surface area contributed by atoms with E-state index in [9.17, 15) is 0 Å². The average Bonchev–Trinajstić information content (AvgIpc) is 2.89. The van der Waals surface area contributed by atoms with Crippen LogP contribution in [0.3, 0.4) is 0 Å². The molecule has 0 amide bonds. The molecule has 0 saturated heterocycles. The van der Waals surface area contributed by atoms with Crippen LogP contribution >= 0.6 is 31.9 Å². The first-order chi connectivity index (χ1) is 9.25. The summed E-state index contributed by atoms with van der Waals surface area (Å²) in [5.41, 5.74) is 1.77. The van der Waals surface area contributed by atoms with Gasteiger partial charge in [-0.2, -0.15) is 0 Å². The third kappa shape index (κ3) is 2.48. The molecule has 0 unspecified atom stereocenters. The molecule has 1 heterocycles. The molecule has 3 aromatic rings. The summed E-state index contributed by atoms with van der Waals surface area (Å²) in [5.74, 6) is 0.997. The van der Waals surface area contributed by atoms with E-state index in [4.69, 9.17) is 4.42 Å². The first kappa shape index (κ1) is 12.6. The molecular formula is C14H8Br2N2O. The highest BCUT2D eigenvalue weighted by Gasteiger charge is 2.13. The van der Waals surface area contributed by atoms with E-state index in [0.717, 1.165) is 20.1 Å². The maximum Gasteiger partial charge on any atom is 0.249 e. The summed E-state index contributed by atoms with van der Waals surface area (Å²) in [6.45, 7) is 0. The minimum Gasteiger partial charge on any atom is -0.416 e. The number of nitrogens with zero attached hydrogens (tertiary/aromatic N) is 2. The van der Waals surface area contributed by atoms with Crippen LogP contribution in [0.15, 0.2) is 61.9 Å². The van der Waals surface area contributed by atoms with Crippen LogP contribution < -0.4 is 0 Å². The Morgan fingerprint density at radius 2 is 1.11 bits per heavy atom. The van der Waals surface area contributed by atoms with Crippen molar-refractivity contribution in [1.29, 1.82) is 0 Å². The van der Waals surface area contributed by atoms with Gasteiger partial charge >= 0.3 is 0 Å². The van der Waals surface area contributed by atoms with E-state index in [0.29, 0.717) is 11.8 Å². The molecule has 3 rings (SSSR count). The van der Waals surface area contributed by atoms with Gasteiger partial charge in [-0.1, -0.05) is 24.3 Å². The minimum absolute atomic E-state index is 0.498. The fourth-order valence-corrected chi connectivity index (χ4v) is 2.62. The molecule has 1 aromatic heterocycles. The second-order valence-corrected chi connectivity index (χ2v) is 5.58. The Balaban J connectivity index is 2.06. The molecule has 0 bridgehead atoms. The topological polar surface area (TPSA) is 38.9 Å². The second kappa shape index (κ2) is 5.27. The van der Waals surface area contributed by atoms with Gasteiger partial charge in [-0.3, -0.25) is 0 Å². The molecule has 5 heteroatoms. The molecule has 94 valence electrons. The molecule has 0 aliphatic carbocycles. The van der Waals surface area contributed by atoms with Crippen molar-refractivity contribution in [2.24, 2.45) is 0 Å². The average molecular weight is 380 g/mol. The molecule has 3 nitrogen and oxygen atoms in total. The van der Waals surface area contributed by atoms with E-state index in [1.807, 2.05) is 48.5 Å². The van der Waals surface area contributed by atoms with Crippen molar-refractivity contribution in [2.75, 3.05) is 0 Å². The summed E-state index contributed by atoms with van der Waals surface area (Å²) in [7, 11) is 0. The highest BCUT2D eigenvalue weighted by Crippen LogP contribution is 2.31. The van der Waals surface area contributed by atoms with Crippen molar-refractivity contribution >= 4 is 31.9 Å². The normalized spacial score (nSPS) is 10.6. The Labute approximate surface area is 126 Å². The Bertz CT molecular complexity index is 665. The summed E-state index contributed by atoms with van der Waals surface area (Å²) < 4.78 is 7.59. The summed E-state index contributed by atoms with van der Waals surface area (Å²) in [6.07, 6.45) is 0. The Morgan fingerprint density at radius 1 is 0.684 bits per heavy atom.